The zero-order valence-corrected chi connectivity index (χ0v) is 16.8. The van der Waals surface area contributed by atoms with Gasteiger partial charge in [-0.2, -0.15) is 0 Å². The molecule has 1 aromatic carbocycles. The summed E-state index contributed by atoms with van der Waals surface area (Å²) in [5.41, 5.74) is 5.96. The number of hydrogen-bond donors (Lipinski definition) is 3. The molecule has 4 N–H and O–H groups in total. The molecule has 26 heavy (non-hydrogen) atoms. The first kappa shape index (κ1) is 24.6. The van der Waals surface area contributed by atoms with Crippen molar-refractivity contribution in [3.63, 3.8) is 0 Å². The maximum absolute atomic E-state index is 12.1. The summed E-state index contributed by atoms with van der Waals surface area (Å²) in [6.07, 6.45) is 0. The van der Waals surface area contributed by atoms with Gasteiger partial charge < -0.3 is 21.1 Å². The summed E-state index contributed by atoms with van der Waals surface area (Å²) >= 11 is 0. The third kappa shape index (κ3) is 7.88. The van der Waals surface area contributed by atoms with Crippen LogP contribution in [0.15, 0.2) is 24.3 Å². The molecule has 0 atom stereocenters. The average Bonchev–Trinajstić information content (AvgIpc) is 2.55. The first-order chi connectivity index (χ1) is 11.4. The minimum absolute atomic E-state index is 0. The van der Waals surface area contributed by atoms with E-state index in [1.807, 2.05) is 0 Å². The predicted molar refractivity (Wildman–Crippen MR) is 107 cm³/mol. The fraction of sp³-hybridized carbons (Fsp3) is 0.529. The third-order valence-corrected chi connectivity index (χ3v) is 3.81. The van der Waals surface area contributed by atoms with Gasteiger partial charge in [-0.05, 0) is 38.1 Å². The van der Waals surface area contributed by atoms with E-state index in [2.05, 4.69) is 15.5 Å². The van der Waals surface area contributed by atoms with Gasteiger partial charge in [0, 0.05) is 37.4 Å². The number of nitrogens with zero attached hydrogens (tertiary/aromatic N) is 1. The molecular formula is C17H28Cl2N4O3. The first-order valence-corrected chi connectivity index (χ1v) is 8.15. The molecular weight excluding hydrogens is 379 g/mol. The number of ether oxygens (including phenoxy) is 1. The number of halogens is 2. The molecule has 0 spiro atoms. The maximum Gasteiger partial charge on any atom is 0.251 e. The number of anilines is 1. The van der Waals surface area contributed by atoms with Gasteiger partial charge >= 0.3 is 0 Å². The second kappa shape index (κ2) is 11.4. The second-order valence-electron chi connectivity index (χ2n) is 6.46. The molecule has 1 heterocycles. The first-order valence-electron chi connectivity index (χ1n) is 8.15. The fourth-order valence-corrected chi connectivity index (χ4v) is 2.25. The van der Waals surface area contributed by atoms with E-state index in [4.69, 9.17) is 10.5 Å². The monoisotopic (exact) mass is 406 g/mol. The molecule has 0 aliphatic carbocycles. The Morgan fingerprint density at radius 1 is 1.15 bits per heavy atom. The molecule has 1 fully saturated rings. The lowest BCUT2D eigenvalue weighted by molar-refractivity contribution is -0.120. The topological polar surface area (TPSA) is 96.7 Å². The summed E-state index contributed by atoms with van der Waals surface area (Å²) in [7, 11) is 0. The number of amides is 2. The highest BCUT2D eigenvalue weighted by Crippen LogP contribution is 2.11. The molecule has 0 unspecified atom stereocenters. The van der Waals surface area contributed by atoms with Gasteiger partial charge in [-0.25, -0.2) is 0 Å². The van der Waals surface area contributed by atoms with Crippen molar-refractivity contribution in [3.8, 4) is 0 Å². The third-order valence-electron chi connectivity index (χ3n) is 3.81. The molecule has 148 valence electrons. The van der Waals surface area contributed by atoms with Crippen LogP contribution in [0.1, 0.15) is 24.2 Å². The van der Waals surface area contributed by atoms with E-state index in [1.54, 1.807) is 38.1 Å². The van der Waals surface area contributed by atoms with Gasteiger partial charge in [0.1, 0.15) is 0 Å². The lowest BCUT2D eigenvalue weighted by Gasteiger charge is -2.26. The van der Waals surface area contributed by atoms with Crippen molar-refractivity contribution < 1.29 is 14.3 Å². The minimum atomic E-state index is -0.949. The molecule has 1 saturated heterocycles. The van der Waals surface area contributed by atoms with Gasteiger partial charge in [0.25, 0.3) is 5.91 Å². The van der Waals surface area contributed by atoms with E-state index in [9.17, 15) is 9.59 Å². The SMILES string of the molecule is CC(C)(N)C(=O)Nc1ccc(C(=O)NCCN2CCOCC2)cc1.Cl.Cl. The van der Waals surface area contributed by atoms with Crippen LogP contribution in [-0.2, 0) is 9.53 Å². The average molecular weight is 407 g/mol. The van der Waals surface area contributed by atoms with Crippen molar-refractivity contribution in [3.05, 3.63) is 29.8 Å². The molecule has 1 aliphatic heterocycles. The Kier molecular flexibility index (Phi) is 10.8. The quantitative estimate of drug-likeness (QED) is 0.660. The Bertz CT molecular complexity index is 570. The van der Waals surface area contributed by atoms with Crippen LogP contribution >= 0.6 is 24.8 Å². The van der Waals surface area contributed by atoms with Crippen molar-refractivity contribution in [1.29, 1.82) is 0 Å². The fourth-order valence-electron chi connectivity index (χ4n) is 2.25. The Morgan fingerprint density at radius 3 is 2.27 bits per heavy atom. The number of carbonyl (C=O) groups excluding carboxylic acids is 2. The molecule has 2 rings (SSSR count). The molecule has 9 heteroatoms. The second-order valence-corrected chi connectivity index (χ2v) is 6.46. The van der Waals surface area contributed by atoms with Crippen LogP contribution < -0.4 is 16.4 Å². The number of carbonyl (C=O) groups is 2. The number of rotatable bonds is 6. The largest absolute Gasteiger partial charge is 0.379 e. The maximum atomic E-state index is 12.1. The van der Waals surface area contributed by atoms with E-state index in [0.29, 0.717) is 17.8 Å². The summed E-state index contributed by atoms with van der Waals surface area (Å²) in [5, 5.41) is 5.62. The normalized spacial score (nSPS) is 14.6. The number of nitrogens with two attached hydrogens (primary N) is 1. The Labute approximate surface area is 166 Å². The van der Waals surface area contributed by atoms with Crippen LogP contribution in [0.4, 0.5) is 5.69 Å². The summed E-state index contributed by atoms with van der Waals surface area (Å²) in [5.74, 6) is -0.398. The molecule has 0 radical (unpaired) electrons. The highest BCUT2D eigenvalue weighted by Gasteiger charge is 2.21. The summed E-state index contributed by atoms with van der Waals surface area (Å²) in [6, 6.07) is 6.76. The molecule has 2 amide bonds. The van der Waals surface area contributed by atoms with Crippen LogP contribution in [0, 0.1) is 0 Å². The standard InChI is InChI=1S/C17H26N4O3.2ClH/c1-17(2,18)16(23)20-14-5-3-13(4-6-14)15(22)19-7-8-21-9-11-24-12-10-21;;/h3-6H,7-12,18H2,1-2H3,(H,19,22)(H,20,23);2*1H. The van der Waals surface area contributed by atoms with Gasteiger partial charge in [-0.1, -0.05) is 0 Å². The van der Waals surface area contributed by atoms with Crippen LogP contribution in [0.5, 0.6) is 0 Å². The van der Waals surface area contributed by atoms with Crippen molar-refractivity contribution in [2.45, 2.75) is 19.4 Å². The van der Waals surface area contributed by atoms with Crippen molar-refractivity contribution in [2.75, 3.05) is 44.7 Å². The van der Waals surface area contributed by atoms with Gasteiger partial charge in [-0.15, -0.1) is 24.8 Å². The Morgan fingerprint density at radius 2 is 1.73 bits per heavy atom. The van der Waals surface area contributed by atoms with Gasteiger partial charge in [0.2, 0.25) is 5.91 Å². The molecule has 1 aliphatic rings. The lowest BCUT2D eigenvalue weighted by atomic mass is 10.1. The smallest absolute Gasteiger partial charge is 0.251 e. The predicted octanol–water partition coefficient (Wildman–Crippen LogP) is 1.27. The van der Waals surface area contributed by atoms with Crippen LogP contribution in [0.2, 0.25) is 0 Å². The van der Waals surface area contributed by atoms with Gasteiger partial charge in [-0.3, -0.25) is 14.5 Å². The van der Waals surface area contributed by atoms with Crippen molar-refractivity contribution in [2.24, 2.45) is 5.73 Å². The highest BCUT2D eigenvalue weighted by molar-refractivity contribution is 5.98. The van der Waals surface area contributed by atoms with E-state index >= 15 is 0 Å². The molecule has 0 aromatic heterocycles. The van der Waals surface area contributed by atoms with Gasteiger partial charge in [0.15, 0.2) is 0 Å². The summed E-state index contributed by atoms with van der Waals surface area (Å²) < 4.78 is 5.29. The number of hydrogen-bond acceptors (Lipinski definition) is 5. The lowest BCUT2D eigenvalue weighted by Crippen LogP contribution is -2.45. The Balaban J connectivity index is 0.00000312. The summed E-state index contributed by atoms with van der Waals surface area (Å²) in [6.45, 7) is 8.00. The van der Waals surface area contributed by atoms with Crippen molar-refractivity contribution >= 4 is 42.3 Å². The van der Waals surface area contributed by atoms with Crippen molar-refractivity contribution in [1.82, 2.24) is 10.2 Å². The molecule has 0 saturated carbocycles. The number of morpholine rings is 1. The van der Waals surface area contributed by atoms with Crippen LogP contribution in [0.25, 0.3) is 0 Å². The zero-order valence-electron chi connectivity index (χ0n) is 15.1. The van der Waals surface area contributed by atoms with E-state index in [1.165, 1.54) is 0 Å². The number of nitrogens with one attached hydrogen (secondary N) is 2. The van der Waals surface area contributed by atoms with E-state index in [0.717, 1.165) is 32.8 Å². The van der Waals surface area contributed by atoms with E-state index in [-0.39, 0.29) is 36.6 Å². The minimum Gasteiger partial charge on any atom is -0.379 e. The molecule has 1 aromatic rings. The summed E-state index contributed by atoms with van der Waals surface area (Å²) in [4.78, 5) is 26.2. The van der Waals surface area contributed by atoms with Gasteiger partial charge in [0.05, 0.1) is 18.8 Å². The Hall–Kier alpha value is -1.38. The zero-order chi connectivity index (χ0) is 17.6. The van der Waals surface area contributed by atoms with Crippen LogP contribution in [0.3, 0.4) is 0 Å². The molecule has 0 bridgehead atoms. The molecule has 7 nitrogen and oxygen atoms in total. The van der Waals surface area contributed by atoms with E-state index < -0.39 is 5.54 Å². The highest BCUT2D eigenvalue weighted by atomic mass is 35.5. The van der Waals surface area contributed by atoms with Crippen LogP contribution in [-0.4, -0.2) is 61.6 Å². The number of benzene rings is 1.